The van der Waals surface area contributed by atoms with Crippen molar-refractivity contribution in [2.24, 2.45) is 0 Å². The lowest BCUT2D eigenvalue weighted by Crippen LogP contribution is -2.38. The molecule has 0 aliphatic rings. The number of rotatable bonds is 6. The molecule has 0 aromatic heterocycles. The first-order chi connectivity index (χ1) is 10.5. The van der Waals surface area contributed by atoms with Crippen LogP contribution in [-0.2, 0) is 0 Å². The number of nitrogens with zero attached hydrogens (tertiary/aromatic N) is 1. The minimum Gasteiger partial charge on any atom is -0.469 e. The van der Waals surface area contributed by atoms with Crippen LogP contribution in [-0.4, -0.2) is 12.8 Å². The summed E-state index contributed by atoms with van der Waals surface area (Å²) >= 11 is 18.2. The summed E-state index contributed by atoms with van der Waals surface area (Å²) in [7, 11) is 0. The van der Waals surface area contributed by atoms with E-state index in [9.17, 15) is 0 Å². The van der Waals surface area contributed by atoms with Crippen molar-refractivity contribution in [1.82, 2.24) is 0 Å². The monoisotopic (exact) mass is 357 g/mol. The summed E-state index contributed by atoms with van der Waals surface area (Å²) in [4.78, 5) is 2.15. The molecule has 22 heavy (non-hydrogen) atoms. The molecule has 2 aromatic rings. The molecule has 1 atom stereocenters. The van der Waals surface area contributed by atoms with Crippen molar-refractivity contribution in [2.75, 3.05) is 11.4 Å². The van der Waals surface area contributed by atoms with Crippen LogP contribution in [0.4, 0.5) is 5.69 Å². The molecule has 2 aromatic carbocycles. The highest BCUT2D eigenvalue weighted by molar-refractivity contribution is 6.35. The molecular formula is C17H18Cl3NO. The Balaban J connectivity index is 2.21. The highest BCUT2D eigenvalue weighted by Crippen LogP contribution is 2.30. The number of ether oxygens (including phenoxy) is 1. The van der Waals surface area contributed by atoms with E-state index in [-0.39, 0.29) is 6.23 Å². The molecule has 1 unspecified atom stereocenters. The van der Waals surface area contributed by atoms with Gasteiger partial charge in [-0.25, -0.2) is 0 Å². The Bertz CT molecular complexity index is 633. The van der Waals surface area contributed by atoms with E-state index < -0.39 is 0 Å². The molecule has 0 spiro atoms. The van der Waals surface area contributed by atoms with Crippen LogP contribution in [0.2, 0.25) is 15.1 Å². The first kappa shape index (κ1) is 17.3. The molecule has 0 aliphatic heterocycles. The van der Waals surface area contributed by atoms with Crippen LogP contribution in [0, 0.1) is 0 Å². The SMILES string of the molecule is CCCN(c1cccc(Cl)c1)C(C)Oc1ccc(Cl)cc1Cl. The second-order valence-electron chi connectivity index (χ2n) is 4.97. The summed E-state index contributed by atoms with van der Waals surface area (Å²) < 4.78 is 6.00. The standard InChI is InChI=1S/C17H18Cl3NO/c1-3-9-21(15-6-4-5-13(18)10-15)12(2)22-17-8-7-14(19)11-16(17)20/h4-8,10-12H,3,9H2,1-2H3. The molecule has 0 radical (unpaired) electrons. The fraction of sp³-hybridized carbons (Fsp3) is 0.294. The topological polar surface area (TPSA) is 12.5 Å². The molecule has 0 heterocycles. The van der Waals surface area contributed by atoms with Crippen molar-refractivity contribution in [2.45, 2.75) is 26.5 Å². The van der Waals surface area contributed by atoms with Crippen LogP contribution in [0.3, 0.4) is 0 Å². The maximum Gasteiger partial charge on any atom is 0.169 e. The quantitative estimate of drug-likeness (QED) is 0.563. The summed E-state index contributed by atoms with van der Waals surface area (Å²) in [5, 5.41) is 1.79. The second-order valence-corrected chi connectivity index (χ2v) is 6.25. The van der Waals surface area contributed by atoms with E-state index in [1.807, 2.05) is 31.2 Å². The summed E-state index contributed by atoms with van der Waals surface area (Å²) in [6.45, 7) is 4.97. The predicted octanol–water partition coefficient (Wildman–Crippen LogP) is 6.29. The van der Waals surface area contributed by atoms with Crippen LogP contribution in [0.25, 0.3) is 0 Å². The molecule has 0 saturated heterocycles. The zero-order valence-electron chi connectivity index (χ0n) is 12.5. The van der Waals surface area contributed by atoms with Crippen LogP contribution >= 0.6 is 34.8 Å². The molecule has 5 heteroatoms. The van der Waals surface area contributed by atoms with Gasteiger partial charge in [0.05, 0.1) is 5.02 Å². The zero-order chi connectivity index (χ0) is 16.1. The van der Waals surface area contributed by atoms with Gasteiger partial charge in [0.25, 0.3) is 0 Å². The molecule has 0 amide bonds. The lowest BCUT2D eigenvalue weighted by Gasteiger charge is -2.31. The number of halogens is 3. The van der Waals surface area contributed by atoms with E-state index >= 15 is 0 Å². The fourth-order valence-corrected chi connectivity index (χ4v) is 2.87. The first-order valence-corrected chi connectivity index (χ1v) is 8.28. The maximum absolute atomic E-state index is 6.18. The van der Waals surface area contributed by atoms with Crippen molar-refractivity contribution >= 4 is 40.5 Å². The van der Waals surface area contributed by atoms with E-state index in [2.05, 4.69) is 11.8 Å². The Morgan fingerprint density at radius 2 is 1.77 bits per heavy atom. The molecule has 118 valence electrons. The molecule has 0 aliphatic carbocycles. The molecule has 0 N–H and O–H groups in total. The van der Waals surface area contributed by atoms with Gasteiger partial charge < -0.3 is 9.64 Å². The highest BCUT2D eigenvalue weighted by Gasteiger charge is 2.17. The second kappa shape index (κ2) is 7.96. The van der Waals surface area contributed by atoms with Crippen molar-refractivity contribution in [3.8, 4) is 5.75 Å². The van der Waals surface area contributed by atoms with E-state index in [0.717, 1.165) is 18.7 Å². The Morgan fingerprint density at radius 1 is 1.05 bits per heavy atom. The van der Waals surface area contributed by atoms with E-state index in [0.29, 0.717) is 20.8 Å². The molecule has 0 saturated carbocycles. The van der Waals surface area contributed by atoms with Crippen molar-refractivity contribution in [3.05, 3.63) is 57.5 Å². The average molecular weight is 359 g/mol. The summed E-state index contributed by atoms with van der Waals surface area (Å²) in [6, 6.07) is 13.0. The van der Waals surface area contributed by atoms with Crippen LogP contribution in [0.1, 0.15) is 20.3 Å². The lowest BCUT2D eigenvalue weighted by molar-refractivity contribution is 0.214. The average Bonchev–Trinajstić information content (AvgIpc) is 2.47. The zero-order valence-corrected chi connectivity index (χ0v) is 14.8. The molecular weight excluding hydrogens is 341 g/mol. The Kier molecular flexibility index (Phi) is 6.25. The van der Waals surface area contributed by atoms with Crippen LogP contribution < -0.4 is 9.64 Å². The highest BCUT2D eigenvalue weighted by atomic mass is 35.5. The third kappa shape index (κ3) is 4.45. The summed E-state index contributed by atoms with van der Waals surface area (Å²) in [6.07, 6.45) is 0.811. The van der Waals surface area contributed by atoms with Gasteiger partial charge >= 0.3 is 0 Å². The third-order valence-corrected chi connectivity index (χ3v) is 4.00. The summed E-state index contributed by atoms with van der Waals surface area (Å²) in [5.74, 6) is 0.613. The van der Waals surface area contributed by atoms with Gasteiger partial charge in [0.15, 0.2) is 6.23 Å². The van der Waals surface area contributed by atoms with Gasteiger partial charge in [-0.15, -0.1) is 0 Å². The lowest BCUT2D eigenvalue weighted by atomic mass is 10.2. The van der Waals surface area contributed by atoms with Gasteiger partial charge in [-0.2, -0.15) is 0 Å². The molecule has 0 fully saturated rings. The molecule has 2 rings (SSSR count). The van der Waals surface area contributed by atoms with Gasteiger partial charge in [-0.05, 0) is 49.7 Å². The van der Waals surface area contributed by atoms with Gasteiger partial charge in [0, 0.05) is 22.3 Å². The Morgan fingerprint density at radius 3 is 2.41 bits per heavy atom. The number of anilines is 1. The minimum absolute atomic E-state index is 0.183. The molecule has 2 nitrogen and oxygen atoms in total. The van der Waals surface area contributed by atoms with Crippen molar-refractivity contribution < 1.29 is 4.74 Å². The maximum atomic E-state index is 6.18. The van der Waals surface area contributed by atoms with Crippen LogP contribution in [0.5, 0.6) is 5.75 Å². The van der Waals surface area contributed by atoms with E-state index in [1.54, 1.807) is 18.2 Å². The first-order valence-electron chi connectivity index (χ1n) is 7.15. The van der Waals surface area contributed by atoms with Crippen LogP contribution in [0.15, 0.2) is 42.5 Å². The minimum atomic E-state index is -0.183. The van der Waals surface area contributed by atoms with E-state index in [1.165, 1.54) is 0 Å². The number of hydrogen-bond donors (Lipinski definition) is 0. The van der Waals surface area contributed by atoms with Gasteiger partial charge in [0.2, 0.25) is 0 Å². The summed E-state index contributed by atoms with van der Waals surface area (Å²) in [5.41, 5.74) is 1.02. The van der Waals surface area contributed by atoms with Gasteiger partial charge in [-0.1, -0.05) is 47.8 Å². The number of hydrogen-bond acceptors (Lipinski definition) is 2. The van der Waals surface area contributed by atoms with Gasteiger partial charge in [0.1, 0.15) is 5.75 Å². The Labute approximate surface area is 146 Å². The van der Waals surface area contributed by atoms with E-state index in [4.69, 9.17) is 39.5 Å². The fourth-order valence-electron chi connectivity index (χ4n) is 2.23. The van der Waals surface area contributed by atoms with Crippen molar-refractivity contribution in [3.63, 3.8) is 0 Å². The number of benzene rings is 2. The smallest absolute Gasteiger partial charge is 0.169 e. The predicted molar refractivity (Wildman–Crippen MR) is 95.6 cm³/mol. The Hall–Kier alpha value is -1.09. The third-order valence-electron chi connectivity index (χ3n) is 3.23. The van der Waals surface area contributed by atoms with Crippen molar-refractivity contribution in [1.29, 1.82) is 0 Å². The molecule has 0 bridgehead atoms. The normalized spacial score (nSPS) is 12.0. The van der Waals surface area contributed by atoms with Gasteiger partial charge in [-0.3, -0.25) is 0 Å². The largest absolute Gasteiger partial charge is 0.469 e.